The van der Waals surface area contributed by atoms with Gasteiger partial charge in [-0.1, -0.05) is 104 Å². The SMILES string of the molecule is CC[C@H](C)[C@@H]([C@@H](CC(=O)N1CCC[C@H]1[C@H](OC)[C@@H](C)C(=O)N[C@@H](Cc1ccccc1)C(=O)OC)OC)N(C)C(=O)[C@@H](NC(=O)C(C)(C)NC(=O)OCc1ccc(NC(=O)[C@H](CCCNC(N)=O)NC(=O)[C@@H](NC(=O)CCCCCN2C(=O)C=CC2=O)C(C)C)cc1)C(C)C. The van der Waals surface area contributed by atoms with Crippen LogP contribution in [0.4, 0.5) is 15.3 Å². The number of esters is 1. The zero-order valence-corrected chi connectivity index (χ0v) is 56.8. The highest BCUT2D eigenvalue weighted by Crippen LogP contribution is 2.30. The van der Waals surface area contributed by atoms with E-state index >= 15 is 0 Å². The summed E-state index contributed by atoms with van der Waals surface area (Å²) < 4.78 is 22.5. The zero-order valence-electron chi connectivity index (χ0n) is 56.8. The highest BCUT2D eigenvalue weighted by atomic mass is 16.5. The van der Waals surface area contributed by atoms with E-state index in [1.54, 1.807) is 70.8 Å². The van der Waals surface area contributed by atoms with Gasteiger partial charge in [-0.25, -0.2) is 14.4 Å². The Labute approximate surface area is 552 Å². The lowest BCUT2D eigenvalue weighted by atomic mass is 9.89. The van der Waals surface area contributed by atoms with Crippen molar-refractivity contribution >= 4 is 76.9 Å². The number of hydrogen-bond donors (Lipinski definition) is 8. The first-order valence-corrected chi connectivity index (χ1v) is 32.3. The van der Waals surface area contributed by atoms with Crippen molar-refractivity contribution in [1.29, 1.82) is 0 Å². The van der Waals surface area contributed by atoms with Crippen LogP contribution in [0.25, 0.3) is 0 Å². The summed E-state index contributed by atoms with van der Waals surface area (Å²) in [6, 6.07) is 9.44. The van der Waals surface area contributed by atoms with Gasteiger partial charge in [-0.2, -0.15) is 0 Å². The second kappa shape index (κ2) is 38.0. The smallest absolute Gasteiger partial charge is 0.408 e. The van der Waals surface area contributed by atoms with Gasteiger partial charge in [0.25, 0.3) is 11.8 Å². The van der Waals surface area contributed by atoms with Crippen LogP contribution in [0.1, 0.15) is 138 Å². The molecule has 520 valence electrons. The monoisotopic (exact) mass is 1320 g/mol. The van der Waals surface area contributed by atoms with Crippen LogP contribution >= 0.6 is 0 Å². The number of nitrogens with one attached hydrogen (secondary N) is 7. The first kappa shape index (κ1) is 78.0. The molecule has 2 aliphatic heterocycles. The number of anilines is 1. The van der Waals surface area contributed by atoms with Gasteiger partial charge in [-0.3, -0.25) is 48.1 Å². The van der Waals surface area contributed by atoms with E-state index in [-0.39, 0.29) is 81.4 Å². The van der Waals surface area contributed by atoms with E-state index in [2.05, 4.69) is 37.2 Å². The minimum atomic E-state index is -1.60. The van der Waals surface area contributed by atoms with Crippen molar-refractivity contribution in [2.75, 3.05) is 53.3 Å². The van der Waals surface area contributed by atoms with Gasteiger partial charge in [-0.15, -0.1) is 0 Å². The number of urea groups is 1. The zero-order chi connectivity index (χ0) is 70.0. The van der Waals surface area contributed by atoms with E-state index < -0.39 is 119 Å². The Hall–Kier alpha value is -8.46. The number of methoxy groups -OCH3 is 3. The Bertz CT molecular complexity index is 2930. The van der Waals surface area contributed by atoms with Crippen LogP contribution in [0.5, 0.6) is 0 Å². The second-order valence-corrected chi connectivity index (χ2v) is 25.3. The predicted octanol–water partition coefficient (Wildman–Crippen LogP) is 4.15. The summed E-state index contributed by atoms with van der Waals surface area (Å²) >= 11 is 0. The van der Waals surface area contributed by atoms with Gasteiger partial charge in [0.1, 0.15) is 36.3 Å². The molecule has 27 nitrogen and oxygen atoms in total. The molecule has 0 unspecified atom stereocenters. The number of nitrogens with two attached hydrogens (primary N) is 1. The molecular formula is C67H101N11O16. The van der Waals surface area contributed by atoms with Crippen molar-refractivity contribution in [2.24, 2.45) is 29.4 Å². The molecule has 0 saturated carbocycles. The fourth-order valence-corrected chi connectivity index (χ4v) is 11.5. The number of primary amides is 1. The summed E-state index contributed by atoms with van der Waals surface area (Å²) in [7, 11) is 5.82. The van der Waals surface area contributed by atoms with Gasteiger partial charge < -0.3 is 71.7 Å². The van der Waals surface area contributed by atoms with Gasteiger partial charge in [0, 0.05) is 71.6 Å². The molecule has 27 heteroatoms. The van der Waals surface area contributed by atoms with Crippen LogP contribution in [0.3, 0.4) is 0 Å². The van der Waals surface area contributed by atoms with E-state index in [9.17, 15) is 57.5 Å². The number of amides is 12. The summed E-state index contributed by atoms with van der Waals surface area (Å²) in [4.78, 5) is 163. The molecular weight excluding hydrogens is 1210 g/mol. The Morgan fingerprint density at radius 3 is 1.96 bits per heavy atom. The molecule has 0 aliphatic carbocycles. The van der Waals surface area contributed by atoms with Gasteiger partial charge in [-0.05, 0) is 93.4 Å². The maximum Gasteiger partial charge on any atom is 0.408 e. The molecule has 2 aromatic carbocycles. The molecule has 0 spiro atoms. The number of carbonyl (C=O) groups is 12. The summed E-state index contributed by atoms with van der Waals surface area (Å²) in [5.41, 5.74) is 5.28. The quantitative estimate of drug-likeness (QED) is 0.0266. The molecule has 1 saturated heterocycles. The largest absolute Gasteiger partial charge is 0.467 e. The van der Waals surface area contributed by atoms with Crippen molar-refractivity contribution in [3.63, 3.8) is 0 Å². The minimum absolute atomic E-state index is 0.0791. The van der Waals surface area contributed by atoms with Crippen LogP contribution in [0.15, 0.2) is 66.7 Å². The second-order valence-electron chi connectivity index (χ2n) is 25.3. The predicted molar refractivity (Wildman–Crippen MR) is 349 cm³/mol. The molecule has 2 aromatic rings. The number of nitrogens with zero attached hydrogens (tertiary/aromatic N) is 3. The molecule has 10 atom stereocenters. The average molecular weight is 1320 g/mol. The molecule has 94 heavy (non-hydrogen) atoms. The van der Waals surface area contributed by atoms with Crippen molar-refractivity contribution in [3.05, 3.63) is 77.9 Å². The maximum absolute atomic E-state index is 14.7. The molecule has 0 aromatic heterocycles. The van der Waals surface area contributed by atoms with E-state index in [4.69, 9.17) is 24.7 Å². The summed E-state index contributed by atoms with van der Waals surface area (Å²) in [6.45, 7) is 16.0. The van der Waals surface area contributed by atoms with Crippen molar-refractivity contribution < 1.29 is 76.5 Å². The molecule has 1 fully saturated rings. The van der Waals surface area contributed by atoms with E-state index in [0.717, 1.165) is 10.5 Å². The number of carbonyl (C=O) groups excluding carboxylic acids is 12. The number of hydrogen-bond acceptors (Lipinski definition) is 16. The molecule has 4 rings (SSSR count). The summed E-state index contributed by atoms with van der Waals surface area (Å²) in [5, 5.41) is 19.0. The number of imide groups is 1. The summed E-state index contributed by atoms with van der Waals surface area (Å²) in [6.07, 6.45) is 3.72. The van der Waals surface area contributed by atoms with E-state index in [0.29, 0.717) is 56.3 Å². The van der Waals surface area contributed by atoms with Crippen molar-refractivity contribution in [3.8, 4) is 0 Å². The van der Waals surface area contributed by atoms with Gasteiger partial charge in [0.15, 0.2) is 0 Å². The van der Waals surface area contributed by atoms with Crippen LogP contribution in [0.2, 0.25) is 0 Å². The number of rotatable bonds is 38. The van der Waals surface area contributed by atoms with Gasteiger partial charge in [0.05, 0.1) is 43.7 Å². The Morgan fingerprint density at radius 2 is 1.37 bits per heavy atom. The van der Waals surface area contributed by atoms with Crippen molar-refractivity contribution in [2.45, 2.75) is 194 Å². The average Bonchev–Trinajstić information content (AvgIpc) is 1.31. The lowest BCUT2D eigenvalue weighted by molar-refractivity contribution is -0.149. The Kier molecular flexibility index (Phi) is 31.6. The Balaban J connectivity index is 1.35. The van der Waals surface area contributed by atoms with Crippen LogP contribution < -0.4 is 43.0 Å². The normalized spacial score (nSPS) is 16.7. The van der Waals surface area contributed by atoms with Gasteiger partial charge in [0.2, 0.25) is 41.4 Å². The Morgan fingerprint density at radius 1 is 0.734 bits per heavy atom. The number of ether oxygens (including phenoxy) is 4. The summed E-state index contributed by atoms with van der Waals surface area (Å²) in [5.74, 6) is -6.60. The third-order valence-electron chi connectivity index (χ3n) is 17.2. The fraction of sp³-hybridized carbons (Fsp3) is 0.612. The molecule has 2 heterocycles. The third-order valence-corrected chi connectivity index (χ3v) is 17.2. The van der Waals surface area contributed by atoms with E-state index in [1.807, 2.05) is 44.2 Å². The highest BCUT2D eigenvalue weighted by Gasteiger charge is 2.44. The number of likely N-dealkylation sites (N-methyl/N-ethyl adjacent to an activating group) is 1. The topological polar surface area (TPSA) is 362 Å². The molecule has 0 radical (unpaired) electrons. The maximum atomic E-state index is 14.7. The molecule has 2 aliphatic rings. The third kappa shape index (κ3) is 23.5. The van der Waals surface area contributed by atoms with Crippen LogP contribution in [0, 0.1) is 23.7 Å². The number of unbranched alkanes of at least 4 members (excludes halogenated alkanes) is 2. The number of alkyl carbamates (subject to hydrolysis) is 1. The minimum Gasteiger partial charge on any atom is -0.467 e. The number of benzene rings is 2. The lowest BCUT2D eigenvalue weighted by Gasteiger charge is -2.41. The standard InChI is InChI=1S/C67H101N11O16/c1-14-42(6)57(50(91-11)38-54(82)77-36-22-26-49(77)58(92-12)43(7)59(83)72-48(63(87)93-13)37-44-23-17-15-18-24-44)76(10)62(86)56(41(4)5)74-64(88)67(8,9)75-66(90)94-39-45-28-30-46(31-29-45)70-60(84)47(25-21-34-69-65(68)89)71-61(85)55(40(2)3)73-51(79)27-19-16-20-35-78-52(80)32-33-53(78)81/h15,17-18,23-24,28-33,40-43,47-50,55-58H,14,16,19-22,25-27,34-39H2,1-13H3,(H,70,84)(H,71,85)(H,72,83)(H,73,79)(H,74,88)(H,75,90)(H3,68,69,89)/t42-,43+,47-,48-,49-,50+,55-,56-,57-,58+/m0/s1. The van der Waals surface area contributed by atoms with E-state index in [1.165, 1.54) is 52.2 Å². The molecule has 0 bridgehead atoms. The molecule has 12 amide bonds. The number of likely N-dealkylation sites (tertiary alicyclic amines) is 1. The molecule has 9 N–H and O–H groups in total. The first-order valence-electron chi connectivity index (χ1n) is 32.3. The highest BCUT2D eigenvalue weighted by molar-refractivity contribution is 6.12. The van der Waals surface area contributed by atoms with Gasteiger partial charge >= 0.3 is 18.1 Å². The van der Waals surface area contributed by atoms with Crippen molar-refractivity contribution in [1.82, 2.24) is 46.6 Å². The first-order chi connectivity index (χ1) is 44.5. The van der Waals surface area contributed by atoms with Crippen LogP contribution in [-0.4, -0.2) is 188 Å². The fourth-order valence-electron chi connectivity index (χ4n) is 11.5. The van der Waals surface area contributed by atoms with Crippen LogP contribution in [-0.2, 0) is 79.9 Å². The lowest BCUT2D eigenvalue weighted by Crippen LogP contribution is -2.62.